The van der Waals surface area contributed by atoms with Gasteiger partial charge in [-0.1, -0.05) is 0 Å². The molecule has 1 atom stereocenters. The first-order chi connectivity index (χ1) is 11.7. The van der Waals surface area contributed by atoms with Gasteiger partial charge in [0.1, 0.15) is 6.33 Å². The Labute approximate surface area is 137 Å². The Kier molecular flexibility index (Phi) is 3.39. The van der Waals surface area contributed by atoms with Crippen LogP contribution in [0.1, 0.15) is 6.42 Å². The zero-order chi connectivity index (χ0) is 16.5. The number of carbonyl (C=O) groups excluding carboxylic acids is 1. The van der Waals surface area contributed by atoms with Gasteiger partial charge in [0.2, 0.25) is 5.91 Å². The predicted octanol–water partition coefficient (Wildman–Crippen LogP) is 1.49. The number of anilines is 1. The van der Waals surface area contributed by atoms with E-state index in [0.717, 1.165) is 16.6 Å². The van der Waals surface area contributed by atoms with E-state index in [1.54, 1.807) is 23.6 Å². The molecule has 0 unspecified atom stereocenters. The number of amides is 1. The van der Waals surface area contributed by atoms with Gasteiger partial charge in [-0.25, -0.2) is 4.98 Å². The molecular weight excluding hydrogens is 306 g/mol. The van der Waals surface area contributed by atoms with Gasteiger partial charge in [0.25, 0.3) is 0 Å². The van der Waals surface area contributed by atoms with Crippen molar-refractivity contribution in [2.75, 3.05) is 18.4 Å². The number of aromatic nitrogens is 4. The summed E-state index contributed by atoms with van der Waals surface area (Å²) in [7, 11) is 0. The van der Waals surface area contributed by atoms with Crippen LogP contribution in [-0.2, 0) is 4.79 Å². The fourth-order valence-corrected chi connectivity index (χ4v) is 2.91. The van der Waals surface area contributed by atoms with Gasteiger partial charge in [-0.2, -0.15) is 10.4 Å². The lowest BCUT2D eigenvalue weighted by Gasteiger charge is -2.08. The van der Waals surface area contributed by atoms with E-state index in [-0.39, 0.29) is 11.8 Å². The van der Waals surface area contributed by atoms with Crippen LogP contribution in [0.3, 0.4) is 0 Å². The van der Waals surface area contributed by atoms with E-state index in [9.17, 15) is 4.79 Å². The number of benzene rings is 1. The molecule has 1 aromatic carbocycles. The number of carbonyl (C=O) groups is 1. The van der Waals surface area contributed by atoms with Crippen molar-refractivity contribution in [2.24, 2.45) is 5.92 Å². The SMILES string of the molecule is N#CN1CC[C@H](C(=O)Nc2cn(-c3ccc4[nH]ncc4c3)cn2)C1. The molecule has 8 heteroatoms. The second-order valence-electron chi connectivity index (χ2n) is 5.83. The van der Waals surface area contributed by atoms with Crippen molar-refractivity contribution in [3.8, 4) is 11.9 Å². The molecule has 3 heterocycles. The molecule has 0 saturated carbocycles. The van der Waals surface area contributed by atoms with Crippen LogP contribution in [0.2, 0.25) is 0 Å². The minimum Gasteiger partial charge on any atom is -0.310 e. The van der Waals surface area contributed by atoms with Crippen LogP contribution in [0.15, 0.2) is 36.9 Å². The summed E-state index contributed by atoms with van der Waals surface area (Å²) in [6.07, 6.45) is 7.97. The molecule has 8 nitrogen and oxygen atoms in total. The van der Waals surface area contributed by atoms with Crippen LogP contribution in [0.4, 0.5) is 5.82 Å². The number of H-pyrrole nitrogens is 1. The molecule has 2 N–H and O–H groups in total. The van der Waals surface area contributed by atoms with E-state index in [1.165, 1.54) is 0 Å². The highest BCUT2D eigenvalue weighted by atomic mass is 16.2. The van der Waals surface area contributed by atoms with Crippen LogP contribution >= 0.6 is 0 Å². The highest BCUT2D eigenvalue weighted by Gasteiger charge is 2.28. The second kappa shape index (κ2) is 5.70. The molecule has 0 radical (unpaired) electrons. The Morgan fingerprint density at radius 1 is 1.46 bits per heavy atom. The zero-order valence-electron chi connectivity index (χ0n) is 12.8. The molecule has 120 valence electrons. The summed E-state index contributed by atoms with van der Waals surface area (Å²) < 4.78 is 1.85. The summed E-state index contributed by atoms with van der Waals surface area (Å²) in [5.74, 6) is 0.239. The van der Waals surface area contributed by atoms with E-state index < -0.39 is 0 Å². The Bertz CT molecular complexity index is 935. The molecule has 3 aromatic rings. The van der Waals surface area contributed by atoms with Gasteiger partial charge in [-0.3, -0.25) is 9.89 Å². The lowest BCUT2D eigenvalue weighted by atomic mass is 10.1. The average Bonchev–Trinajstić information content (AvgIpc) is 3.33. The smallest absolute Gasteiger partial charge is 0.230 e. The van der Waals surface area contributed by atoms with Crippen molar-refractivity contribution in [1.29, 1.82) is 5.26 Å². The minimum absolute atomic E-state index is 0.0942. The third kappa shape index (κ3) is 2.56. The Hall–Kier alpha value is -3.34. The first-order valence-corrected chi connectivity index (χ1v) is 7.66. The lowest BCUT2D eigenvalue weighted by Crippen LogP contribution is -2.25. The lowest BCUT2D eigenvalue weighted by molar-refractivity contribution is -0.119. The van der Waals surface area contributed by atoms with E-state index in [0.29, 0.717) is 25.3 Å². The molecule has 2 aromatic heterocycles. The van der Waals surface area contributed by atoms with Crippen LogP contribution in [0.5, 0.6) is 0 Å². The maximum atomic E-state index is 12.3. The first-order valence-electron chi connectivity index (χ1n) is 7.66. The van der Waals surface area contributed by atoms with Gasteiger partial charge >= 0.3 is 0 Å². The Balaban J connectivity index is 1.48. The fraction of sp³-hybridized carbons (Fsp3) is 0.250. The van der Waals surface area contributed by atoms with E-state index >= 15 is 0 Å². The molecule has 0 aliphatic carbocycles. The number of rotatable bonds is 3. The third-order valence-corrected chi connectivity index (χ3v) is 4.26. The summed E-state index contributed by atoms with van der Waals surface area (Å²) in [6, 6.07) is 5.90. The van der Waals surface area contributed by atoms with Crippen LogP contribution in [0.25, 0.3) is 16.6 Å². The number of likely N-dealkylation sites (tertiary alicyclic amines) is 1. The van der Waals surface area contributed by atoms with Crippen molar-refractivity contribution < 1.29 is 4.79 Å². The standard InChI is InChI=1S/C16H15N7O/c17-9-22-4-3-11(7-22)16(24)20-15-8-23(10-18-15)13-1-2-14-12(5-13)6-19-21-14/h1-2,5-6,8,10-11H,3-4,7H2,(H,19,21)(H,20,24)/t11-/m0/s1. The number of aromatic amines is 1. The highest BCUT2D eigenvalue weighted by molar-refractivity contribution is 5.92. The monoisotopic (exact) mass is 321 g/mol. The van der Waals surface area contributed by atoms with Gasteiger partial charge in [-0.05, 0) is 24.6 Å². The molecule has 1 amide bonds. The highest BCUT2D eigenvalue weighted by Crippen LogP contribution is 2.20. The normalized spacial score (nSPS) is 17.1. The molecule has 24 heavy (non-hydrogen) atoms. The number of imidazole rings is 1. The number of hydrogen-bond acceptors (Lipinski definition) is 5. The van der Waals surface area contributed by atoms with E-state index in [1.807, 2.05) is 22.8 Å². The largest absolute Gasteiger partial charge is 0.310 e. The fourth-order valence-electron chi connectivity index (χ4n) is 2.91. The van der Waals surface area contributed by atoms with Gasteiger partial charge in [-0.15, -0.1) is 0 Å². The Morgan fingerprint density at radius 2 is 2.38 bits per heavy atom. The second-order valence-corrected chi connectivity index (χ2v) is 5.83. The van der Waals surface area contributed by atoms with Crippen molar-refractivity contribution in [3.05, 3.63) is 36.9 Å². The van der Waals surface area contributed by atoms with Crippen molar-refractivity contribution in [3.63, 3.8) is 0 Å². The van der Waals surface area contributed by atoms with Gasteiger partial charge in [0, 0.05) is 24.2 Å². The van der Waals surface area contributed by atoms with E-state index in [4.69, 9.17) is 5.26 Å². The molecule has 0 bridgehead atoms. The third-order valence-electron chi connectivity index (χ3n) is 4.26. The summed E-state index contributed by atoms with van der Waals surface area (Å²) in [6.45, 7) is 1.11. The number of hydrogen-bond donors (Lipinski definition) is 2. The molecule has 1 saturated heterocycles. The van der Waals surface area contributed by atoms with Gasteiger partial charge in [0.15, 0.2) is 12.0 Å². The number of fused-ring (bicyclic) bond motifs is 1. The predicted molar refractivity (Wildman–Crippen MR) is 87.1 cm³/mol. The summed E-state index contributed by atoms with van der Waals surface area (Å²) in [5, 5.41) is 19.6. The Morgan fingerprint density at radius 3 is 3.21 bits per heavy atom. The van der Waals surface area contributed by atoms with Crippen molar-refractivity contribution in [1.82, 2.24) is 24.6 Å². The summed E-state index contributed by atoms with van der Waals surface area (Å²) in [5.41, 5.74) is 1.91. The zero-order valence-corrected chi connectivity index (χ0v) is 12.8. The molecule has 1 fully saturated rings. The van der Waals surface area contributed by atoms with Crippen LogP contribution in [-0.4, -0.2) is 43.6 Å². The molecule has 4 rings (SSSR count). The summed E-state index contributed by atoms with van der Waals surface area (Å²) in [4.78, 5) is 18.1. The maximum Gasteiger partial charge on any atom is 0.230 e. The molecule has 1 aliphatic rings. The minimum atomic E-state index is -0.169. The number of nitrogens with zero attached hydrogens (tertiary/aromatic N) is 5. The van der Waals surface area contributed by atoms with Crippen molar-refractivity contribution in [2.45, 2.75) is 6.42 Å². The average molecular weight is 321 g/mol. The van der Waals surface area contributed by atoms with Crippen LogP contribution < -0.4 is 5.32 Å². The van der Waals surface area contributed by atoms with Crippen molar-refractivity contribution >= 4 is 22.6 Å². The number of nitriles is 1. The van der Waals surface area contributed by atoms with Gasteiger partial charge < -0.3 is 14.8 Å². The maximum absolute atomic E-state index is 12.3. The quantitative estimate of drug-likeness (QED) is 0.712. The summed E-state index contributed by atoms with van der Waals surface area (Å²) >= 11 is 0. The number of nitrogens with one attached hydrogen (secondary N) is 2. The first kappa shape index (κ1) is 14.3. The molecule has 0 spiro atoms. The molecular formula is C16H15N7O. The van der Waals surface area contributed by atoms with E-state index in [2.05, 4.69) is 26.7 Å². The van der Waals surface area contributed by atoms with Crippen LogP contribution in [0, 0.1) is 17.4 Å². The van der Waals surface area contributed by atoms with Gasteiger partial charge in [0.05, 0.1) is 23.8 Å². The molecule has 1 aliphatic heterocycles. The topological polar surface area (TPSA) is 103 Å².